The smallest absolute Gasteiger partial charge is 0.228 e. The predicted molar refractivity (Wildman–Crippen MR) is 67.4 cm³/mol. The summed E-state index contributed by atoms with van der Waals surface area (Å²) in [5.41, 5.74) is 6.46. The maximum atomic E-state index is 13.1. The molecule has 1 rings (SSSR count). The van der Waals surface area contributed by atoms with Crippen molar-refractivity contribution >= 4 is 11.6 Å². The molecule has 0 saturated heterocycles. The summed E-state index contributed by atoms with van der Waals surface area (Å²) >= 11 is 0. The number of nitrogens with two attached hydrogens (primary N) is 1. The number of carbonyl (C=O) groups excluding carboxylic acids is 1. The molecule has 17 heavy (non-hydrogen) atoms. The van der Waals surface area contributed by atoms with Gasteiger partial charge in [0.1, 0.15) is 5.82 Å². The van der Waals surface area contributed by atoms with Crippen molar-refractivity contribution in [2.45, 2.75) is 32.7 Å². The number of amides is 1. The van der Waals surface area contributed by atoms with Crippen molar-refractivity contribution in [1.82, 2.24) is 0 Å². The van der Waals surface area contributed by atoms with Crippen LogP contribution in [0, 0.1) is 12.7 Å². The highest BCUT2D eigenvalue weighted by atomic mass is 19.1. The number of nitrogens with zero attached hydrogens (tertiary/aromatic N) is 1. The van der Waals surface area contributed by atoms with Gasteiger partial charge in [0.2, 0.25) is 5.91 Å². The molecule has 0 aliphatic heterocycles. The van der Waals surface area contributed by atoms with E-state index in [0.29, 0.717) is 11.3 Å². The van der Waals surface area contributed by atoms with Gasteiger partial charge in [0.15, 0.2) is 0 Å². The number of benzene rings is 1. The van der Waals surface area contributed by atoms with E-state index in [4.69, 9.17) is 5.73 Å². The van der Waals surface area contributed by atoms with Crippen molar-refractivity contribution in [2.75, 3.05) is 11.9 Å². The fourth-order valence-electron chi connectivity index (χ4n) is 1.49. The van der Waals surface area contributed by atoms with E-state index in [0.717, 1.165) is 0 Å². The van der Waals surface area contributed by atoms with Gasteiger partial charge in [0.05, 0.1) is 0 Å². The fraction of sp³-hybridized carbons (Fsp3) is 0.462. The minimum atomic E-state index is -0.541. The van der Waals surface area contributed by atoms with Crippen LogP contribution in [0.3, 0.4) is 0 Å². The zero-order chi connectivity index (χ0) is 13.2. The Morgan fingerprint density at radius 1 is 1.47 bits per heavy atom. The van der Waals surface area contributed by atoms with E-state index in [1.807, 2.05) is 0 Å². The number of anilines is 1. The SMILES string of the molecule is Cc1cc(N(C)C(=O)CC(C)(C)N)ccc1F. The topological polar surface area (TPSA) is 46.3 Å². The highest BCUT2D eigenvalue weighted by Gasteiger charge is 2.20. The van der Waals surface area contributed by atoms with Crippen LogP contribution in [-0.4, -0.2) is 18.5 Å². The third-order valence-electron chi connectivity index (χ3n) is 2.51. The molecule has 2 N–H and O–H groups in total. The lowest BCUT2D eigenvalue weighted by Gasteiger charge is -2.23. The summed E-state index contributed by atoms with van der Waals surface area (Å²) in [6, 6.07) is 4.60. The van der Waals surface area contributed by atoms with Crippen LogP contribution in [0.1, 0.15) is 25.8 Å². The maximum Gasteiger partial charge on any atom is 0.228 e. The molecule has 0 atom stereocenters. The summed E-state index contributed by atoms with van der Waals surface area (Å²) in [5, 5.41) is 0. The summed E-state index contributed by atoms with van der Waals surface area (Å²) in [6.07, 6.45) is 0.250. The molecule has 94 valence electrons. The van der Waals surface area contributed by atoms with E-state index in [1.165, 1.54) is 11.0 Å². The van der Waals surface area contributed by atoms with Gasteiger partial charge in [-0.2, -0.15) is 0 Å². The first-order chi connectivity index (χ1) is 7.70. The van der Waals surface area contributed by atoms with E-state index in [-0.39, 0.29) is 18.1 Å². The van der Waals surface area contributed by atoms with Crippen LogP contribution in [-0.2, 0) is 4.79 Å². The third-order valence-corrected chi connectivity index (χ3v) is 2.51. The molecule has 4 heteroatoms. The molecule has 0 fully saturated rings. The molecule has 1 aromatic carbocycles. The van der Waals surface area contributed by atoms with Gasteiger partial charge in [-0.3, -0.25) is 4.79 Å². The first-order valence-corrected chi connectivity index (χ1v) is 5.52. The summed E-state index contributed by atoms with van der Waals surface area (Å²) < 4.78 is 13.1. The molecule has 0 unspecified atom stereocenters. The van der Waals surface area contributed by atoms with E-state index >= 15 is 0 Å². The van der Waals surface area contributed by atoms with Crippen molar-refractivity contribution in [3.05, 3.63) is 29.6 Å². The molecule has 0 aromatic heterocycles. The van der Waals surface area contributed by atoms with Crippen molar-refractivity contribution < 1.29 is 9.18 Å². The van der Waals surface area contributed by atoms with Gasteiger partial charge < -0.3 is 10.6 Å². The molecule has 0 aliphatic carbocycles. The normalized spacial score (nSPS) is 11.4. The van der Waals surface area contributed by atoms with Gasteiger partial charge in [0, 0.05) is 24.7 Å². The van der Waals surface area contributed by atoms with Crippen LogP contribution in [0.5, 0.6) is 0 Å². The quantitative estimate of drug-likeness (QED) is 0.877. The van der Waals surface area contributed by atoms with Gasteiger partial charge in [-0.1, -0.05) is 0 Å². The number of rotatable bonds is 3. The van der Waals surface area contributed by atoms with Crippen LogP contribution < -0.4 is 10.6 Å². The van der Waals surface area contributed by atoms with Crippen LogP contribution in [0.4, 0.5) is 10.1 Å². The van der Waals surface area contributed by atoms with Gasteiger partial charge in [-0.15, -0.1) is 0 Å². The van der Waals surface area contributed by atoms with Gasteiger partial charge in [0.25, 0.3) is 0 Å². The minimum Gasteiger partial charge on any atom is -0.325 e. The van der Waals surface area contributed by atoms with Gasteiger partial charge in [-0.05, 0) is 44.5 Å². The number of hydrogen-bond donors (Lipinski definition) is 1. The summed E-state index contributed by atoms with van der Waals surface area (Å²) in [6.45, 7) is 5.27. The maximum absolute atomic E-state index is 13.1. The van der Waals surface area contributed by atoms with Crippen molar-refractivity contribution in [2.24, 2.45) is 5.73 Å². The average molecular weight is 238 g/mol. The first kappa shape index (κ1) is 13.6. The monoisotopic (exact) mass is 238 g/mol. The summed E-state index contributed by atoms with van der Waals surface area (Å²) in [4.78, 5) is 13.4. The molecule has 0 spiro atoms. The Bertz CT molecular complexity index is 424. The molecule has 0 heterocycles. The fourth-order valence-corrected chi connectivity index (χ4v) is 1.49. The number of aryl methyl sites for hydroxylation is 1. The van der Waals surface area contributed by atoms with E-state index in [2.05, 4.69) is 0 Å². The van der Waals surface area contributed by atoms with Gasteiger partial charge in [-0.25, -0.2) is 4.39 Å². The van der Waals surface area contributed by atoms with Crippen LogP contribution >= 0.6 is 0 Å². The van der Waals surface area contributed by atoms with Gasteiger partial charge >= 0.3 is 0 Å². The molecular weight excluding hydrogens is 219 g/mol. The number of hydrogen-bond acceptors (Lipinski definition) is 2. The van der Waals surface area contributed by atoms with Crippen molar-refractivity contribution in [1.29, 1.82) is 0 Å². The molecule has 1 aromatic rings. The highest BCUT2D eigenvalue weighted by Crippen LogP contribution is 2.19. The van der Waals surface area contributed by atoms with E-state index in [9.17, 15) is 9.18 Å². The second-order valence-electron chi connectivity index (χ2n) is 5.05. The van der Waals surface area contributed by atoms with Crippen LogP contribution in [0.2, 0.25) is 0 Å². The Kier molecular flexibility index (Phi) is 3.88. The molecule has 0 aliphatic rings. The molecule has 3 nitrogen and oxygen atoms in total. The molecular formula is C13H19FN2O. The Labute approximate surface area is 101 Å². The Balaban J connectivity index is 2.85. The summed E-state index contributed by atoms with van der Waals surface area (Å²) in [7, 11) is 1.67. The second-order valence-corrected chi connectivity index (χ2v) is 5.05. The third kappa shape index (κ3) is 3.82. The Morgan fingerprint density at radius 2 is 2.06 bits per heavy atom. The van der Waals surface area contributed by atoms with E-state index in [1.54, 1.807) is 40.0 Å². The van der Waals surface area contributed by atoms with E-state index < -0.39 is 5.54 Å². The lowest BCUT2D eigenvalue weighted by atomic mass is 10.0. The first-order valence-electron chi connectivity index (χ1n) is 5.52. The zero-order valence-electron chi connectivity index (χ0n) is 10.7. The largest absolute Gasteiger partial charge is 0.325 e. The predicted octanol–water partition coefficient (Wildman–Crippen LogP) is 2.22. The molecule has 0 saturated carbocycles. The Morgan fingerprint density at radius 3 is 2.53 bits per heavy atom. The lowest BCUT2D eigenvalue weighted by molar-refractivity contribution is -0.119. The van der Waals surface area contributed by atoms with Crippen LogP contribution in [0.25, 0.3) is 0 Å². The second kappa shape index (κ2) is 4.84. The number of carbonyl (C=O) groups is 1. The van der Waals surface area contributed by atoms with Crippen molar-refractivity contribution in [3.63, 3.8) is 0 Å². The average Bonchev–Trinajstić information content (AvgIpc) is 2.18. The molecule has 1 amide bonds. The minimum absolute atomic E-state index is 0.0801. The van der Waals surface area contributed by atoms with Crippen molar-refractivity contribution in [3.8, 4) is 0 Å². The van der Waals surface area contributed by atoms with Crippen LogP contribution in [0.15, 0.2) is 18.2 Å². The number of halogens is 1. The standard InChI is InChI=1S/C13H19FN2O/c1-9-7-10(5-6-11(9)14)16(4)12(17)8-13(2,3)15/h5-7H,8,15H2,1-4H3. The zero-order valence-corrected chi connectivity index (χ0v) is 10.7. The highest BCUT2D eigenvalue weighted by molar-refractivity contribution is 5.93. The molecule has 0 bridgehead atoms. The summed E-state index contributed by atoms with van der Waals surface area (Å²) in [5.74, 6) is -0.350. The lowest BCUT2D eigenvalue weighted by Crippen LogP contribution is -2.39. The Hall–Kier alpha value is -1.42. The molecule has 0 radical (unpaired) electrons.